The summed E-state index contributed by atoms with van der Waals surface area (Å²) in [5.74, 6) is 9.40. The van der Waals surface area contributed by atoms with Gasteiger partial charge in [0, 0.05) is 13.0 Å². The summed E-state index contributed by atoms with van der Waals surface area (Å²) in [5, 5.41) is 1.22. The number of para-hydroxylation sites is 1. The number of carbonyl (C=O) groups is 1. The topological polar surface area (TPSA) is 81.6 Å². The highest BCUT2D eigenvalue weighted by molar-refractivity contribution is 5.87. The normalized spacial score (nSPS) is 40.5. The van der Waals surface area contributed by atoms with Gasteiger partial charge in [0.1, 0.15) is 11.5 Å². The summed E-state index contributed by atoms with van der Waals surface area (Å²) in [5.41, 5.74) is 6.68. The molecule has 5 rings (SSSR count). The first-order valence-electron chi connectivity index (χ1n) is 13.8. The number of methoxy groups -OCH3 is 1. The van der Waals surface area contributed by atoms with E-state index in [1.807, 2.05) is 7.11 Å². The van der Waals surface area contributed by atoms with Crippen molar-refractivity contribution < 1.29 is 13.9 Å². The number of anilines is 2. The highest BCUT2D eigenvalue weighted by Gasteiger charge is 2.62. The molecule has 0 spiro atoms. The predicted molar refractivity (Wildman–Crippen MR) is 138 cm³/mol. The molecular weight excluding hydrogens is 441 g/mol. The van der Waals surface area contributed by atoms with E-state index >= 15 is 0 Å². The number of benzene rings is 1. The van der Waals surface area contributed by atoms with Crippen molar-refractivity contribution >= 4 is 17.2 Å². The van der Waals surface area contributed by atoms with Crippen molar-refractivity contribution in [3.8, 4) is 0 Å². The monoisotopic (exact) mass is 485 g/mol. The van der Waals surface area contributed by atoms with E-state index in [-0.39, 0.29) is 35.0 Å². The lowest BCUT2D eigenvalue weighted by molar-refractivity contribution is -0.154. The molecule has 6 heteroatoms. The van der Waals surface area contributed by atoms with E-state index in [1.54, 1.807) is 12.1 Å². The summed E-state index contributed by atoms with van der Waals surface area (Å²) in [6, 6.07) is 4.51. The lowest BCUT2D eigenvalue weighted by atomic mass is 9.44. The molecule has 0 radical (unpaired) electrons. The zero-order chi connectivity index (χ0) is 25.0. The number of halogens is 1. The average Bonchev–Trinajstić information content (AvgIpc) is 3.17. The third-order valence-corrected chi connectivity index (χ3v) is 11.1. The van der Waals surface area contributed by atoms with Gasteiger partial charge in [-0.15, -0.1) is 0 Å². The Hall–Kier alpha value is -1.66. The van der Waals surface area contributed by atoms with E-state index in [4.69, 9.17) is 16.3 Å². The minimum absolute atomic E-state index is 0.000218. The maximum absolute atomic E-state index is 14.4. The first kappa shape index (κ1) is 25.0. The number of fused-ring (bicyclic) bond motifs is 5. The van der Waals surface area contributed by atoms with E-state index in [9.17, 15) is 9.18 Å². The van der Waals surface area contributed by atoms with Gasteiger partial charge in [-0.25, -0.2) is 10.2 Å². The molecule has 0 saturated heterocycles. The van der Waals surface area contributed by atoms with Crippen molar-refractivity contribution in [3.05, 3.63) is 24.0 Å². The van der Waals surface area contributed by atoms with E-state index in [2.05, 4.69) is 13.8 Å². The number of carbonyl (C=O) groups excluding carboxylic acids is 1. The Labute approximate surface area is 210 Å². The maximum atomic E-state index is 14.4. The fourth-order valence-corrected chi connectivity index (χ4v) is 9.54. The molecule has 0 bridgehead atoms. The molecule has 4 N–H and O–H groups in total. The van der Waals surface area contributed by atoms with Gasteiger partial charge in [0.15, 0.2) is 5.78 Å². The Morgan fingerprint density at radius 1 is 1.14 bits per heavy atom. The number of nitrogens with two attached hydrogens (primary N) is 2. The summed E-state index contributed by atoms with van der Waals surface area (Å²) in [6.07, 6.45) is 10.9. The van der Waals surface area contributed by atoms with E-state index in [0.29, 0.717) is 23.2 Å². The van der Waals surface area contributed by atoms with Crippen LogP contribution in [0.4, 0.5) is 15.8 Å². The molecule has 4 aliphatic carbocycles. The Bertz CT molecular complexity index is 936. The number of Topliss-reactive ketones (excluding diaryl/α,β-unsaturated/α-hetero) is 1. The number of ether oxygens (including phenoxy) is 1. The molecule has 4 saturated carbocycles. The first-order chi connectivity index (χ1) is 16.7. The van der Waals surface area contributed by atoms with Crippen LogP contribution >= 0.6 is 0 Å². The summed E-state index contributed by atoms with van der Waals surface area (Å²) >= 11 is 0. The number of ketones is 1. The molecule has 0 aromatic heterocycles. The predicted octanol–water partition coefficient (Wildman–Crippen LogP) is 5.58. The largest absolute Gasteiger partial charge is 0.397 e. The number of nitrogens with zero attached hydrogens (tertiary/aromatic N) is 1. The number of hydrogen-bond donors (Lipinski definition) is 2. The molecule has 4 aliphatic rings. The van der Waals surface area contributed by atoms with Gasteiger partial charge in [-0.3, -0.25) is 9.80 Å². The third kappa shape index (κ3) is 3.99. The van der Waals surface area contributed by atoms with Crippen LogP contribution in [0, 0.1) is 52.2 Å². The van der Waals surface area contributed by atoms with E-state index in [0.717, 1.165) is 37.7 Å². The third-order valence-electron chi connectivity index (χ3n) is 11.1. The molecule has 194 valence electrons. The molecular formula is C29H44FN3O2. The average molecular weight is 486 g/mol. The van der Waals surface area contributed by atoms with Gasteiger partial charge in [-0.05, 0) is 104 Å². The van der Waals surface area contributed by atoms with Crippen molar-refractivity contribution in [2.75, 3.05) is 31.0 Å². The van der Waals surface area contributed by atoms with Crippen LogP contribution in [0.15, 0.2) is 18.2 Å². The van der Waals surface area contributed by atoms with Gasteiger partial charge in [-0.1, -0.05) is 26.3 Å². The molecule has 0 aliphatic heterocycles. The second kappa shape index (κ2) is 9.33. The summed E-state index contributed by atoms with van der Waals surface area (Å²) < 4.78 is 20.3. The summed E-state index contributed by atoms with van der Waals surface area (Å²) in [4.78, 5) is 13.6. The molecule has 8 unspecified atom stereocenters. The van der Waals surface area contributed by atoms with Crippen LogP contribution in [0.5, 0.6) is 0 Å². The van der Waals surface area contributed by atoms with Crippen LogP contribution in [-0.2, 0) is 9.53 Å². The van der Waals surface area contributed by atoms with Crippen LogP contribution in [-0.4, -0.2) is 26.0 Å². The second-order valence-electron chi connectivity index (χ2n) is 12.6. The fourth-order valence-electron chi connectivity index (χ4n) is 9.54. The maximum Gasteiger partial charge on any atom is 0.157 e. The first-order valence-corrected chi connectivity index (χ1v) is 13.8. The van der Waals surface area contributed by atoms with Gasteiger partial charge in [-0.2, -0.15) is 0 Å². The number of hydrogen-bond acceptors (Lipinski definition) is 5. The number of nitrogen functional groups attached to an aromatic ring is 1. The summed E-state index contributed by atoms with van der Waals surface area (Å²) in [7, 11) is 1.88. The van der Waals surface area contributed by atoms with Crippen molar-refractivity contribution in [2.45, 2.75) is 71.6 Å². The molecule has 1 aromatic rings. The van der Waals surface area contributed by atoms with Crippen molar-refractivity contribution in [3.63, 3.8) is 0 Å². The van der Waals surface area contributed by atoms with E-state index < -0.39 is 5.82 Å². The minimum Gasteiger partial charge on any atom is -0.397 e. The van der Waals surface area contributed by atoms with Gasteiger partial charge in [0.2, 0.25) is 0 Å². The molecule has 0 heterocycles. The molecule has 8 atom stereocenters. The molecule has 35 heavy (non-hydrogen) atoms. The fraction of sp³-hybridized carbons (Fsp3) is 0.759. The zero-order valence-corrected chi connectivity index (χ0v) is 21.8. The molecule has 4 fully saturated rings. The second-order valence-corrected chi connectivity index (χ2v) is 12.6. The van der Waals surface area contributed by atoms with E-state index in [1.165, 1.54) is 49.6 Å². The molecule has 1 aromatic carbocycles. The van der Waals surface area contributed by atoms with Crippen LogP contribution in [0.1, 0.15) is 71.6 Å². The van der Waals surface area contributed by atoms with Crippen molar-refractivity contribution in [2.24, 2.45) is 52.2 Å². The zero-order valence-electron chi connectivity index (χ0n) is 21.8. The lowest BCUT2D eigenvalue weighted by Gasteiger charge is -2.62. The van der Waals surface area contributed by atoms with Crippen LogP contribution in [0.2, 0.25) is 0 Å². The Kier molecular flexibility index (Phi) is 6.67. The lowest BCUT2D eigenvalue weighted by Crippen LogP contribution is -2.56. The van der Waals surface area contributed by atoms with Crippen LogP contribution in [0.25, 0.3) is 0 Å². The standard InChI is InChI=1S/C29H44FN3O2/c1-18-11-14-29(17-35-3)19(15-18)7-8-20-21-9-10-23(28(21,2)13-12-22(20)29)26(34)16-33(32)27-24(30)5-4-6-25(27)31/h4-6,18-23H,7-17,31-32H2,1-3H3. The van der Waals surface area contributed by atoms with Gasteiger partial charge in [0.25, 0.3) is 0 Å². The number of hydrazine groups is 1. The smallest absolute Gasteiger partial charge is 0.157 e. The highest BCUT2D eigenvalue weighted by Crippen LogP contribution is 2.68. The SMILES string of the molecule is COCC12CCC(C)CC1CCC1C3CCC(C(=O)CN(N)c4c(N)cccc4F)C3(C)CCC12. The minimum atomic E-state index is -0.488. The Balaban J connectivity index is 1.34. The van der Waals surface area contributed by atoms with Gasteiger partial charge < -0.3 is 10.5 Å². The quantitative estimate of drug-likeness (QED) is 0.312. The van der Waals surface area contributed by atoms with Crippen LogP contribution in [0.3, 0.4) is 0 Å². The Morgan fingerprint density at radius 2 is 1.94 bits per heavy atom. The Morgan fingerprint density at radius 3 is 2.69 bits per heavy atom. The van der Waals surface area contributed by atoms with Gasteiger partial charge in [0.05, 0.1) is 18.8 Å². The van der Waals surface area contributed by atoms with Crippen LogP contribution < -0.4 is 16.6 Å². The highest BCUT2D eigenvalue weighted by atomic mass is 19.1. The van der Waals surface area contributed by atoms with Crippen molar-refractivity contribution in [1.82, 2.24) is 0 Å². The number of rotatable bonds is 6. The molecule has 5 nitrogen and oxygen atoms in total. The van der Waals surface area contributed by atoms with Gasteiger partial charge >= 0.3 is 0 Å². The van der Waals surface area contributed by atoms with Crippen molar-refractivity contribution in [1.29, 1.82) is 0 Å². The summed E-state index contributed by atoms with van der Waals surface area (Å²) in [6.45, 7) is 5.67. The molecule has 0 amide bonds.